The number of halogens is 1. The zero-order chi connectivity index (χ0) is 10.9. The number of alkyl halides is 1. The molecule has 0 saturated heterocycles. The van der Waals surface area contributed by atoms with E-state index in [-0.39, 0.29) is 0 Å². The molecular formula is C4H5FO7S. The Morgan fingerprint density at radius 1 is 1.31 bits per heavy atom. The lowest BCUT2D eigenvalue weighted by Crippen LogP contribution is -2.43. The Labute approximate surface area is 71.5 Å². The van der Waals surface area contributed by atoms with Gasteiger partial charge in [-0.15, -0.1) is 0 Å². The molecule has 3 N–H and O–H groups in total. The Bertz CT molecular complexity index is 332. The molecule has 0 aromatic heterocycles. The van der Waals surface area contributed by atoms with Gasteiger partial charge in [0.25, 0.3) is 0 Å². The van der Waals surface area contributed by atoms with E-state index >= 15 is 0 Å². The molecule has 0 heterocycles. The summed E-state index contributed by atoms with van der Waals surface area (Å²) in [6.45, 7) is 0. The highest BCUT2D eigenvalue weighted by atomic mass is 32.2. The quantitative estimate of drug-likeness (QED) is 0.519. The maximum atomic E-state index is 12.9. The van der Waals surface area contributed by atoms with Crippen LogP contribution in [0.2, 0.25) is 0 Å². The molecule has 0 aromatic carbocycles. The summed E-state index contributed by atoms with van der Waals surface area (Å²) in [5, 5.41) is 11.8. The van der Waals surface area contributed by atoms with Crippen molar-refractivity contribution in [2.75, 3.05) is 0 Å². The minimum Gasteiger partial charge on any atom is -0.481 e. The first-order valence-corrected chi connectivity index (χ1v) is 4.16. The van der Waals surface area contributed by atoms with E-state index in [1.165, 1.54) is 0 Å². The number of aliphatic carboxylic acids is 2. The lowest BCUT2D eigenvalue weighted by atomic mass is 10.3. The van der Waals surface area contributed by atoms with Crippen molar-refractivity contribution in [3.63, 3.8) is 0 Å². The Morgan fingerprint density at radius 3 is 1.77 bits per heavy atom. The monoisotopic (exact) mass is 216 g/mol. The Kier molecular flexibility index (Phi) is 2.96. The van der Waals surface area contributed by atoms with E-state index in [4.69, 9.17) is 14.8 Å². The molecule has 0 radical (unpaired) electrons. The first-order chi connectivity index (χ1) is 5.61. The summed E-state index contributed by atoms with van der Waals surface area (Å²) in [6, 6.07) is 0. The average molecular weight is 216 g/mol. The number of hydrogen-bond acceptors (Lipinski definition) is 4. The molecule has 0 saturated carbocycles. The molecule has 0 spiro atoms. The van der Waals surface area contributed by atoms with E-state index in [9.17, 15) is 22.4 Å². The van der Waals surface area contributed by atoms with Crippen LogP contribution < -0.4 is 0 Å². The summed E-state index contributed by atoms with van der Waals surface area (Å²) >= 11 is 0. The van der Waals surface area contributed by atoms with Crippen LogP contribution in [0, 0.1) is 0 Å². The van der Waals surface area contributed by atoms with Gasteiger partial charge in [-0.25, -0.2) is 9.18 Å². The summed E-state index contributed by atoms with van der Waals surface area (Å²) in [6.07, 6.45) is -1.86. The molecule has 0 aliphatic heterocycles. The molecule has 13 heavy (non-hydrogen) atoms. The zero-order valence-corrected chi connectivity index (χ0v) is 6.78. The summed E-state index contributed by atoms with van der Waals surface area (Å²) in [5.41, 5.74) is 0. The molecule has 0 rings (SSSR count). The standard InChI is InChI=1S/C4H5FO7S/c5-4(3(8)9,1-2(6)7)13(10,11)12/h1H2,(H,6,7)(H,8,9)(H,10,11,12). The van der Waals surface area contributed by atoms with Gasteiger partial charge in [-0.2, -0.15) is 8.42 Å². The van der Waals surface area contributed by atoms with Crippen LogP contribution in [0.25, 0.3) is 0 Å². The van der Waals surface area contributed by atoms with Gasteiger partial charge in [0, 0.05) is 0 Å². The third kappa shape index (κ3) is 2.36. The van der Waals surface area contributed by atoms with Crippen molar-refractivity contribution in [1.29, 1.82) is 0 Å². The van der Waals surface area contributed by atoms with E-state index in [1.54, 1.807) is 0 Å². The predicted molar refractivity (Wildman–Crippen MR) is 35.3 cm³/mol. The number of carboxylic acid groups (broad SMARTS) is 2. The molecule has 1 atom stereocenters. The van der Waals surface area contributed by atoms with Crippen molar-refractivity contribution in [2.24, 2.45) is 0 Å². The normalized spacial score (nSPS) is 16.2. The number of carboxylic acids is 2. The van der Waals surface area contributed by atoms with Crippen molar-refractivity contribution < 1.29 is 37.2 Å². The first kappa shape index (κ1) is 11.8. The van der Waals surface area contributed by atoms with Crippen LogP contribution in [-0.2, 0) is 19.7 Å². The van der Waals surface area contributed by atoms with Gasteiger partial charge in [-0.1, -0.05) is 0 Å². The van der Waals surface area contributed by atoms with Crippen LogP contribution in [0.5, 0.6) is 0 Å². The van der Waals surface area contributed by atoms with Crippen LogP contribution in [0.3, 0.4) is 0 Å². The Balaban J connectivity index is 5.21. The molecule has 0 aliphatic rings. The summed E-state index contributed by atoms with van der Waals surface area (Å²) in [4.78, 5) is 19.9. The number of carbonyl (C=O) groups is 2. The molecule has 0 bridgehead atoms. The van der Waals surface area contributed by atoms with Crippen LogP contribution in [0.15, 0.2) is 0 Å². The molecular weight excluding hydrogens is 211 g/mol. The third-order valence-electron chi connectivity index (χ3n) is 1.11. The SMILES string of the molecule is O=C(O)CC(F)(C(=O)O)S(=O)(=O)O. The molecule has 0 aliphatic carbocycles. The summed E-state index contributed by atoms with van der Waals surface area (Å²) in [7, 11) is -5.61. The molecule has 0 fully saturated rings. The van der Waals surface area contributed by atoms with Gasteiger partial charge >= 0.3 is 27.1 Å². The predicted octanol–water partition coefficient (Wildman–Crippen LogP) is -0.901. The molecule has 0 amide bonds. The van der Waals surface area contributed by atoms with Gasteiger partial charge < -0.3 is 10.2 Å². The zero-order valence-electron chi connectivity index (χ0n) is 5.97. The highest BCUT2D eigenvalue weighted by Crippen LogP contribution is 2.23. The van der Waals surface area contributed by atoms with Gasteiger partial charge in [0.05, 0.1) is 0 Å². The third-order valence-corrected chi connectivity index (χ3v) is 2.24. The van der Waals surface area contributed by atoms with Crippen molar-refractivity contribution in [1.82, 2.24) is 0 Å². The minimum atomic E-state index is -5.61. The lowest BCUT2D eigenvalue weighted by Gasteiger charge is -2.13. The molecule has 9 heteroatoms. The second-order valence-electron chi connectivity index (χ2n) is 2.08. The summed E-state index contributed by atoms with van der Waals surface area (Å²) < 4.78 is 41.3. The smallest absolute Gasteiger partial charge is 0.360 e. The Morgan fingerprint density at radius 2 is 1.69 bits per heavy atom. The molecule has 7 nitrogen and oxygen atoms in total. The van der Waals surface area contributed by atoms with Gasteiger partial charge in [0.15, 0.2) is 0 Å². The van der Waals surface area contributed by atoms with Gasteiger partial charge in [-0.3, -0.25) is 9.35 Å². The lowest BCUT2D eigenvalue weighted by molar-refractivity contribution is -0.152. The van der Waals surface area contributed by atoms with Crippen molar-refractivity contribution in [2.45, 2.75) is 11.4 Å². The molecule has 76 valence electrons. The van der Waals surface area contributed by atoms with Gasteiger partial charge in [0.1, 0.15) is 6.42 Å². The van der Waals surface area contributed by atoms with Crippen LogP contribution in [0.1, 0.15) is 6.42 Å². The fourth-order valence-electron chi connectivity index (χ4n) is 0.472. The van der Waals surface area contributed by atoms with Gasteiger partial charge in [-0.05, 0) is 0 Å². The highest BCUT2D eigenvalue weighted by molar-refractivity contribution is 7.87. The largest absolute Gasteiger partial charge is 0.481 e. The van der Waals surface area contributed by atoms with E-state index in [2.05, 4.69) is 0 Å². The van der Waals surface area contributed by atoms with Crippen molar-refractivity contribution in [3.05, 3.63) is 0 Å². The fourth-order valence-corrected chi connectivity index (χ4v) is 0.998. The fraction of sp³-hybridized carbons (Fsp3) is 0.500. The second-order valence-corrected chi connectivity index (χ2v) is 3.68. The van der Waals surface area contributed by atoms with E-state index < -0.39 is 33.5 Å². The Hall–Kier alpha value is -1.22. The number of hydrogen-bond donors (Lipinski definition) is 3. The summed E-state index contributed by atoms with van der Waals surface area (Å²) in [5.74, 6) is -4.57. The molecule has 0 aromatic rings. The first-order valence-electron chi connectivity index (χ1n) is 2.72. The van der Waals surface area contributed by atoms with Crippen molar-refractivity contribution in [3.8, 4) is 0 Å². The topological polar surface area (TPSA) is 129 Å². The van der Waals surface area contributed by atoms with Crippen LogP contribution in [0.4, 0.5) is 4.39 Å². The minimum absolute atomic E-state index is 1.86. The van der Waals surface area contributed by atoms with Crippen LogP contribution >= 0.6 is 0 Å². The van der Waals surface area contributed by atoms with E-state index in [0.29, 0.717) is 0 Å². The van der Waals surface area contributed by atoms with E-state index in [0.717, 1.165) is 0 Å². The molecule has 1 unspecified atom stereocenters. The maximum Gasteiger partial charge on any atom is 0.360 e. The average Bonchev–Trinajstić information content (AvgIpc) is 1.82. The van der Waals surface area contributed by atoms with E-state index in [1.807, 2.05) is 0 Å². The van der Waals surface area contributed by atoms with Crippen LogP contribution in [-0.4, -0.2) is 40.1 Å². The second kappa shape index (κ2) is 3.26. The number of rotatable bonds is 4. The highest BCUT2D eigenvalue weighted by Gasteiger charge is 2.53. The van der Waals surface area contributed by atoms with Crippen molar-refractivity contribution >= 4 is 22.1 Å². The van der Waals surface area contributed by atoms with Gasteiger partial charge in [0.2, 0.25) is 0 Å². The maximum absolute atomic E-state index is 12.9.